The third-order valence-electron chi connectivity index (χ3n) is 5.01. The number of imidazole rings is 1. The summed E-state index contributed by atoms with van der Waals surface area (Å²) in [4.78, 5) is 23.2. The van der Waals surface area contributed by atoms with Crippen LogP contribution in [0.5, 0.6) is 5.75 Å². The summed E-state index contributed by atoms with van der Waals surface area (Å²) in [6.45, 7) is 2.02. The molecule has 27 heavy (non-hydrogen) atoms. The third-order valence-corrected chi connectivity index (χ3v) is 5.01. The van der Waals surface area contributed by atoms with Crippen LogP contribution < -0.4 is 0 Å². The number of hydrogen-bond donors (Lipinski definition) is 1. The van der Waals surface area contributed by atoms with Crippen molar-refractivity contribution in [3.05, 3.63) is 78.1 Å². The Bertz CT molecular complexity index is 923. The number of pyridine rings is 1. The lowest BCUT2D eigenvalue weighted by Gasteiger charge is -2.32. The molecule has 1 atom stereocenters. The molecular weight excluding hydrogens is 340 g/mol. The Morgan fingerprint density at radius 2 is 1.96 bits per heavy atom. The molecule has 6 nitrogen and oxygen atoms in total. The van der Waals surface area contributed by atoms with Gasteiger partial charge < -0.3 is 14.6 Å². The number of nitrogens with zero attached hydrogens (tertiary/aromatic N) is 4. The molecule has 0 spiro atoms. The van der Waals surface area contributed by atoms with E-state index in [1.54, 1.807) is 11.0 Å². The molecule has 138 valence electrons. The minimum absolute atomic E-state index is 0.0739. The van der Waals surface area contributed by atoms with Gasteiger partial charge in [-0.15, -0.1) is 0 Å². The average Bonchev–Trinajstić information content (AvgIpc) is 3.17. The molecule has 0 aliphatic carbocycles. The molecule has 1 N–H and O–H groups in total. The predicted molar refractivity (Wildman–Crippen MR) is 102 cm³/mol. The smallest absolute Gasteiger partial charge is 0.276 e. The molecule has 0 saturated carbocycles. The molecule has 2 aromatic heterocycles. The number of likely N-dealkylation sites (tertiary alicyclic amines) is 1. The lowest BCUT2D eigenvalue weighted by molar-refractivity contribution is 0.0694. The van der Waals surface area contributed by atoms with E-state index in [0.717, 1.165) is 25.2 Å². The number of rotatable bonds is 4. The molecule has 1 aromatic carbocycles. The van der Waals surface area contributed by atoms with Gasteiger partial charge in [0.1, 0.15) is 11.6 Å². The third kappa shape index (κ3) is 3.69. The number of aromatic hydroxyl groups is 1. The summed E-state index contributed by atoms with van der Waals surface area (Å²) in [5.41, 5.74) is 1.34. The largest absolute Gasteiger partial charge is 0.505 e. The molecule has 1 amide bonds. The Kier molecular flexibility index (Phi) is 4.87. The number of piperidine rings is 1. The summed E-state index contributed by atoms with van der Waals surface area (Å²) < 4.78 is 2.16. The van der Waals surface area contributed by atoms with Crippen molar-refractivity contribution in [1.29, 1.82) is 0 Å². The summed E-state index contributed by atoms with van der Waals surface area (Å²) in [5, 5.41) is 9.94. The van der Waals surface area contributed by atoms with Gasteiger partial charge in [-0.3, -0.25) is 4.79 Å². The van der Waals surface area contributed by atoms with E-state index in [4.69, 9.17) is 0 Å². The van der Waals surface area contributed by atoms with E-state index < -0.39 is 0 Å². The number of amides is 1. The van der Waals surface area contributed by atoms with Crippen LogP contribution in [0.15, 0.2) is 61.1 Å². The van der Waals surface area contributed by atoms with Crippen molar-refractivity contribution in [2.75, 3.05) is 13.1 Å². The van der Waals surface area contributed by atoms with Gasteiger partial charge in [-0.1, -0.05) is 30.3 Å². The maximum atomic E-state index is 12.8. The van der Waals surface area contributed by atoms with Gasteiger partial charge in [0, 0.05) is 44.1 Å². The van der Waals surface area contributed by atoms with Crippen LogP contribution in [-0.4, -0.2) is 43.5 Å². The number of benzene rings is 1. The average molecular weight is 362 g/mol. The Balaban J connectivity index is 1.52. The minimum Gasteiger partial charge on any atom is -0.505 e. The highest BCUT2D eigenvalue weighted by molar-refractivity contribution is 5.94. The standard InChI is InChI=1S/C21H22N4O2/c26-18-9-4-10-22-19(18)21(27)25-12-5-8-17(15-25)20-23-11-13-24(20)14-16-6-2-1-3-7-16/h1-4,6-7,9-11,13,17,26H,5,8,12,14-15H2. The molecule has 1 saturated heterocycles. The highest BCUT2D eigenvalue weighted by Gasteiger charge is 2.29. The van der Waals surface area contributed by atoms with Crippen molar-refractivity contribution in [2.24, 2.45) is 0 Å². The SMILES string of the molecule is O=C(c1ncccc1O)N1CCCC(c2nccn2Cc2ccccc2)C1. The van der Waals surface area contributed by atoms with Crippen LogP contribution in [0.3, 0.4) is 0 Å². The first-order valence-corrected chi connectivity index (χ1v) is 9.20. The van der Waals surface area contributed by atoms with Crippen LogP contribution in [0.1, 0.15) is 40.6 Å². The lowest BCUT2D eigenvalue weighted by Crippen LogP contribution is -2.40. The van der Waals surface area contributed by atoms with Crippen LogP contribution in [-0.2, 0) is 6.54 Å². The molecule has 4 rings (SSSR count). The summed E-state index contributed by atoms with van der Waals surface area (Å²) in [6.07, 6.45) is 7.24. The molecule has 3 aromatic rings. The van der Waals surface area contributed by atoms with E-state index in [0.29, 0.717) is 13.1 Å². The zero-order valence-electron chi connectivity index (χ0n) is 15.0. The summed E-state index contributed by atoms with van der Waals surface area (Å²) >= 11 is 0. The topological polar surface area (TPSA) is 71.2 Å². The maximum absolute atomic E-state index is 12.8. The van der Waals surface area contributed by atoms with Crippen molar-refractivity contribution in [3.63, 3.8) is 0 Å². The Hall–Kier alpha value is -3.15. The first kappa shape index (κ1) is 17.3. The lowest BCUT2D eigenvalue weighted by atomic mass is 9.96. The van der Waals surface area contributed by atoms with Gasteiger partial charge in [0.2, 0.25) is 0 Å². The fourth-order valence-corrected chi connectivity index (χ4v) is 3.68. The van der Waals surface area contributed by atoms with Crippen molar-refractivity contribution in [2.45, 2.75) is 25.3 Å². The van der Waals surface area contributed by atoms with Gasteiger partial charge in [-0.2, -0.15) is 0 Å². The van der Waals surface area contributed by atoms with Gasteiger partial charge in [0.15, 0.2) is 5.69 Å². The fraction of sp³-hybridized carbons (Fsp3) is 0.286. The van der Waals surface area contributed by atoms with E-state index in [2.05, 4.69) is 26.7 Å². The highest BCUT2D eigenvalue weighted by atomic mass is 16.3. The first-order valence-electron chi connectivity index (χ1n) is 9.20. The van der Waals surface area contributed by atoms with E-state index in [9.17, 15) is 9.90 Å². The van der Waals surface area contributed by atoms with Gasteiger partial charge in [-0.05, 0) is 30.5 Å². The number of carbonyl (C=O) groups is 1. The van der Waals surface area contributed by atoms with E-state index in [-0.39, 0.29) is 23.3 Å². The Morgan fingerprint density at radius 1 is 1.11 bits per heavy atom. The summed E-state index contributed by atoms with van der Waals surface area (Å²) in [6, 6.07) is 13.4. The van der Waals surface area contributed by atoms with Gasteiger partial charge in [0.25, 0.3) is 5.91 Å². The quantitative estimate of drug-likeness (QED) is 0.774. The van der Waals surface area contributed by atoms with Crippen molar-refractivity contribution >= 4 is 5.91 Å². The highest BCUT2D eigenvalue weighted by Crippen LogP contribution is 2.28. The summed E-state index contributed by atoms with van der Waals surface area (Å²) in [7, 11) is 0. The van der Waals surface area contributed by atoms with Gasteiger partial charge in [0.05, 0.1) is 0 Å². The van der Waals surface area contributed by atoms with Crippen LogP contribution in [0.25, 0.3) is 0 Å². The Morgan fingerprint density at radius 3 is 2.78 bits per heavy atom. The van der Waals surface area contributed by atoms with Crippen LogP contribution in [0.2, 0.25) is 0 Å². The molecule has 1 unspecified atom stereocenters. The molecule has 0 bridgehead atoms. The fourth-order valence-electron chi connectivity index (χ4n) is 3.68. The van der Waals surface area contributed by atoms with E-state index in [1.165, 1.54) is 17.8 Å². The van der Waals surface area contributed by atoms with E-state index >= 15 is 0 Å². The normalized spacial score (nSPS) is 17.0. The van der Waals surface area contributed by atoms with Gasteiger partial charge >= 0.3 is 0 Å². The monoisotopic (exact) mass is 362 g/mol. The van der Waals surface area contributed by atoms with Crippen LogP contribution in [0, 0.1) is 0 Å². The van der Waals surface area contributed by atoms with Crippen LogP contribution in [0.4, 0.5) is 0 Å². The first-order chi connectivity index (χ1) is 13.2. The van der Waals surface area contributed by atoms with Crippen molar-refractivity contribution in [1.82, 2.24) is 19.4 Å². The molecule has 1 aliphatic rings. The molecule has 3 heterocycles. The second-order valence-electron chi connectivity index (χ2n) is 6.86. The molecule has 1 fully saturated rings. The van der Waals surface area contributed by atoms with Crippen LogP contribution >= 0.6 is 0 Å². The zero-order valence-corrected chi connectivity index (χ0v) is 15.0. The predicted octanol–water partition coefficient (Wildman–Crippen LogP) is 3.05. The number of carbonyl (C=O) groups excluding carboxylic acids is 1. The van der Waals surface area contributed by atoms with Gasteiger partial charge in [-0.25, -0.2) is 9.97 Å². The molecule has 0 radical (unpaired) electrons. The second-order valence-corrected chi connectivity index (χ2v) is 6.86. The van der Waals surface area contributed by atoms with E-state index in [1.807, 2.05) is 30.6 Å². The second kappa shape index (κ2) is 7.61. The maximum Gasteiger partial charge on any atom is 0.276 e. The summed E-state index contributed by atoms with van der Waals surface area (Å²) in [5.74, 6) is 0.878. The number of hydrogen-bond acceptors (Lipinski definition) is 4. The van der Waals surface area contributed by atoms with Crippen molar-refractivity contribution < 1.29 is 9.90 Å². The molecule has 6 heteroatoms. The van der Waals surface area contributed by atoms with Crippen molar-refractivity contribution in [3.8, 4) is 5.75 Å². The minimum atomic E-state index is -0.223. The number of aromatic nitrogens is 3. The Labute approximate surface area is 158 Å². The molecule has 1 aliphatic heterocycles. The zero-order chi connectivity index (χ0) is 18.6. The molecular formula is C21H22N4O2.